The van der Waals surface area contributed by atoms with Crippen LogP contribution in [0.3, 0.4) is 0 Å². The second-order valence-corrected chi connectivity index (χ2v) is 4.51. The van der Waals surface area contributed by atoms with Gasteiger partial charge in [0.15, 0.2) is 5.76 Å². The van der Waals surface area contributed by atoms with Crippen LogP contribution in [-0.2, 0) is 13.0 Å². The Morgan fingerprint density at radius 2 is 2.00 bits per heavy atom. The SMILES string of the molecule is NCc1ccc(C(=O)N[C@H](CO)Cc2ccccc2)o1. The van der Waals surface area contributed by atoms with Crippen molar-refractivity contribution in [3.63, 3.8) is 0 Å². The summed E-state index contributed by atoms with van der Waals surface area (Å²) in [6.07, 6.45) is 0.563. The van der Waals surface area contributed by atoms with E-state index in [9.17, 15) is 9.90 Å². The third-order valence-electron chi connectivity index (χ3n) is 2.97. The van der Waals surface area contributed by atoms with Crippen molar-refractivity contribution >= 4 is 5.91 Å². The standard InChI is InChI=1S/C15H18N2O3/c16-9-13-6-7-14(20-13)15(19)17-12(10-18)8-11-4-2-1-3-5-11/h1-7,12,18H,8-10,16H2,(H,17,19)/t12-/m0/s1. The lowest BCUT2D eigenvalue weighted by Crippen LogP contribution is -2.38. The van der Waals surface area contributed by atoms with E-state index < -0.39 is 0 Å². The minimum absolute atomic E-state index is 0.134. The highest BCUT2D eigenvalue weighted by Crippen LogP contribution is 2.08. The molecule has 0 saturated heterocycles. The monoisotopic (exact) mass is 274 g/mol. The highest BCUT2D eigenvalue weighted by atomic mass is 16.4. The van der Waals surface area contributed by atoms with Crippen LogP contribution in [0, 0.1) is 0 Å². The molecule has 1 heterocycles. The van der Waals surface area contributed by atoms with Gasteiger partial charge in [-0.25, -0.2) is 0 Å². The van der Waals surface area contributed by atoms with Crippen LogP contribution in [0.15, 0.2) is 46.9 Å². The Bertz CT molecular complexity index is 551. The van der Waals surface area contributed by atoms with Gasteiger partial charge in [0, 0.05) is 0 Å². The van der Waals surface area contributed by atoms with Gasteiger partial charge in [0.1, 0.15) is 5.76 Å². The van der Waals surface area contributed by atoms with E-state index in [0.717, 1.165) is 5.56 Å². The van der Waals surface area contributed by atoms with Gasteiger partial charge < -0.3 is 20.6 Å². The molecule has 0 aliphatic heterocycles. The lowest BCUT2D eigenvalue weighted by atomic mass is 10.1. The molecule has 0 spiro atoms. The topological polar surface area (TPSA) is 88.5 Å². The fourth-order valence-corrected chi connectivity index (χ4v) is 1.93. The molecule has 0 radical (unpaired) electrons. The molecule has 0 saturated carbocycles. The first-order valence-electron chi connectivity index (χ1n) is 6.47. The quantitative estimate of drug-likeness (QED) is 0.735. The van der Waals surface area contributed by atoms with Gasteiger partial charge in [-0.2, -0.15) is 0 Å². The number of amides is 1. The molecule has 0 fully saturated rings. The summed E-state index contributed by atoms with van der Waals surface area (Å²) in [5, 5.41) is 12.1. The molecule has 4 N–H and O–H groups in total. The van der Waals surface area contributed by atoms with E-state index in [1.807, 2.05) is 30.3 Å². The molecule has 0 aliphatic carbocycles. The molecule has 106 valence electrons. The van der Waals surface area contributed by atoms with Crippen molar-refractivity contribution in [1.29, 1.82) is 0 Å². The van der Waals surface area contributed by atoms with Crippen LogP contribution >= 0.6 is 0 Å². The number of carbonyl (C=O) groups is 1. The van der Waals surface area contributed by atoms with Gasteiger partial charge in [0.05, 0.1) is 19.2 Å². The molecule has 5 nitrogen and oxygen atoms in total. The van der Waals surface area contributed by atoms with Crippen molar-refractivity contribution in [2.24, 2.45) is 5.73 Å². The van der Waals surface area contributed by atoms with Crippen molar-refractivity contribution in [2.75, 3.05) is 6.61 Å². The van der Waals surface area contributed by atoms with E-state index in [1.54, 1.807) is 12.1 Å². The van der Waals surface area contributed by atoms with Crippen molar-refractivity contribution < 1.29 is 14.3 Å². The molecular formula is C15H18N2O3. The number of hydrogen-bond donors (Lipinski definition) is 3. The van der Waals surface area contributed by atoms with E-state index in [2.05, 4.69) is 5.32 Å². The van der Waals surface area contributed by atoms with Gasteiger partial charge in [0.25, 0.3) is 5.91 Å². The summed E-state index contributed by atoms with van der Waals surface area (Å²) in [6, 6.07) is 12.6. The van der Waals surface area contributed by atoms with E-state index >= 15 is 0 Å². The van der Waals surface area contributed by atoms with Gasteiger partial charge in [-0.15, -0.1) is 0 Å². The number of nitrogens with one attached hydrogen (secondary N) is 1. The molecule has 0 unspecified atom stereocenters. The van der Waals surface area contributed by atoms with Gasteiger partial charge in [-0.1, -0.05) is 30.3 Å². The normalized spacial score (nSPS) is 12.1. The Kier molecular flexibility index (Phi) is 4.92. The number of aliphatic hydroxyl groups excluding tert-OH is 1. The predicted octanol–water partition coefficient (Wildman–Crippen LogP) is 1.07. The maximum Gasteiger partial charge on any atom is 0.287 e. The van der Waals surface area contributed by atoms with Crippen LogP contribution < -0.4 is 11.1 Å². The Morgan fingerprint density at radius 1 is 1.25 bits per heavy atom. The summed E-state index contributed by atoms with van der Waals surface area (Å²) in [5.74, 6) is 0.412. The number of nitrogens with two attached hydrogens (primary N) is 1. The zero-order chi connectivity index (χ0) is 14.4. The molecule has 0 bridgehead atoms. The van der Waals surface area contributed by atoms with E-state index in [1.165, 1.54) is 0 Å². The summed E-state index contributed by atoms with van der Waals surface area (Å²) in [7, 11) is 0. The van der Waals surface area contributed by atoms with Crippen LogP contribution in [-0.4, -0.2) is 23.7 Å². The molecule has 20 heavy (non-hydrogen) atoms. The Morgan fingerprint density at radius 3 is 2.60 bits per heavy atom. The van der Waals surface area contributed by atoms with Crippen molar-refractivity contribution in [2.45, 2.75) is 19.0 Å². The molecule has 5 heteroatoms. The van der Waals surface area contributed by atoms with E-state index in [4.69, 9.17) is 10.2 Å². The highest BCUT2D eigenvalue weighted by Gasteiger charge is 2.16. The van der Waals surface area contributed by atoms with Crippen LogP contribution in [0.2, 0.25) is 0 Å². The minimum atomic E-state index is -0.351. The Hall–Kier alpha value is -2.11. The minimum Gasteiger partial charge on any atom is -0.455 e. The number of carbonyl (C=O) groups excluding carboxylic acids is 1. The molecule has 1 aromatic heterocycles. The molecule has 1 amide bonds. The number of rotatable bonds is 6. The zero-order valence-electron chi connectivity index (χ0n) is 11.1. The Labute approximate surface area is 117 Å². The maximum absolute atomic E-state index is 12.0. The number of benzene rings is 1. The largest absolute Gasteiger partial charge is 0.455 e. The van der Waals surface area contributed by atoms with Gasteiger partial charge in [-0.3, -0.25) is 4.79 Å². The first-order chi connectivity index (χ1) is 9.72. The summed E-state index contributed by atoms with van der Waals surface area (Å²) >= 11 is 0. The predicted molar refractivity (Wildman–Crippen MR) is 75.1 cm³/mol. The summed E-state index contributed by atoms with van der Waals surface area (Å²) in [4.78, 5) is 12.0. The average molecular weight is 274 g/mol. The second kappa shape index (κ2) is 6.88. The highest BCUT2D eigenvalue weighted by molar-refractivity contribution is 5.91. The third kappa shape index (κ3) is 3.69. The fourth-order valence-electron chi connectivity index (χ4n) is 1.93. The average Bonchev–Trinajstić information content (AvgIpc) is 2.96. The van der Waals surface area contributed by atoms with E-state index in [0.29, 0.717) is 12.2 Å². The lowest BCUT2D eigenvalue weighted by molar-refractivity contribution is 0.0886. The lowest BCUT2D eigenvalue weighted by Gasteiger charge is -2.15. The summed E-state index contributed by atoms with van der Waals surface area (Å²) in [5.41, 5.74) is 6.48. The number of furan rings is 1. The van der Waals surface area contributed by atoms with Crippen LogP contribution in [0.4, 0.5) is 0 Å². The first-order valence-corrected chi connectivity index (χ1v) is 6.47. The summed E-state index contributed by atoms with van der Waals surface area (Å²) < 4.78 is 5.27. The number of hydrogen-bond acceptors (Lipinski definition) is 4. The maximum atomic E-state index is 12.0. The first kappa shape index (κ1) is 14.3. The van der Waals surface area contributed by atoms with Gasteiger partial charge >= 0.3 is 0 Å². The van der Waals surface area contributed by atoms with Crippen LogP contribution in [0.5, 0.6) is 0 Å². The van der Waals surface area contributed by atoms with Crippen molar-refractivity contribution in [3.05, 3.63) is 59.5 Å². The van der Waals surface area contributed by atoms with Crippen LogP contribution in [0.25, 0.3) is 0 Å². The molecule has 2 aromatic rings. The van der Waals surface area contributed by atoms with Crippen LogP contribution in [0.1, 0.15) is 21.9 Å². The smallest absolute Gasteiger partial charge is 0.287 e. The zero-order valence-corrected chi connectivity index (χ0v) is 11.1. The molecule has 0 aliphatic rings. The fraction of sp³-hybridized carbons (Fsp3) is 0.267. The molecular weight excluding hydrogens is 256 g/mol. The van der Waals surface area contributed by atoms with Gasteiger partial charge in [-0.05, 0) is 24.1 Å². The third-order valence-corrected chi connectivity index (χ3v) is 2.97. The van der Waals surface area contributed by atoms with Gasteiger partial charge in [0.2, 0.25) is 0 Å². The molecule has 1 aromatic carbocycles. The number of aliphatic hydroxyl groups is 1. The molecule has 1 atom stereocenters. The second-order valence-electron chi connectivity index (χ2n) is 4.51. The van der Waals surface area contributed by atoms with Crippen molar-refractivity contribution in [1.82, 2.24) is 5.32 Å². The van der Waals surface area contributed by atoms with E-state index in [-0.39, 0.29) is 30.9 Å². The summed E-state index contributed by atoms with van der Waals surface area (Å²) in [6.45, 7) is 0.117. The Balaban J connectivity index is 1.97. The van der Waals surface area contributed by atoms with Crippen molar-refractivity contribution in [3.8, 4) is 0 Å². The molecule has 2 rings (SSSR count).